The van der Waals surface area contributed by atoms with Crippen molar-refractivity contribution in [3.05, 3.63) is 51.4 Å². The fourth-order valence-corrected chi connectivity index (χ4v) is 3.09. The van der Waals surface area contributed by atoms with Gasteiger partial charge in [-0.1, -0.05) is 11.6 Å². The second-order valence-electron chi connectivity index (χ2n) is 4.73. The summed E-state index contributed by atoms with van der Waals surface area (Å²) in [5.41, 5.74) is 1.73. The molecule has 1 unspecified atom stereocenters. The zero-order valence-electron chi connectivity index (χ0n) is 11.6. The summed E-state index contributed by atoms with van der Waals surface area (Å²) in [5.74, 6) is 0. The van der Waals surface area contributed by atoms with Gasteiger partial charge in [0.25, 0.3) is 0 Å². The maximum absolute atomic E-state index is 6.27. The van der Waals surface area contributed by atoms with E-state index in [9.17, 15) is 0 Å². The maximum Gasteiger partial charge on any atom is 0.143 e. The van der Waals surface area contributed by atoms with Crippen LogP contribution in [-0.2, 0) is 0 Å². The molecule has 1 N–H and O–H groups in total. The number of hydrogen-bond donors (Lipinski definition) is 1. The summed E-state index contributed by atoms with van der Waals surface area (Å²) in [5, 5.41) is 15.3. The third kappa shape index (κ3) is 3.06. The first-order valence-electron chi connectivity index (χ1n) is 6.49. The number of tetrazole rings is 1. The van der Waals surface area contributed by atoms with E-state index in [1.807, 2.05) is 18.2 Å². The van der Waals surface area contributed by atoms with Gasteiger partial charge in [-0.05, 0) is 54.6 Å². The number of nitrogens with one attached hydrogen (secondary N) is 1. The summed E-state index contributed by atoms with van der Waals surface area (Å²) in [6, 6.07) is 10.1. The van der Waals surface area contributed by atoms with Crippen molar-refractivity contribution in [2.45, 2.75) is 19.9 Å². The Morgan fingerprint density at radius 1 is 1.29 bits per heavy atom. The van der Waals surface area contributed by atoms with Crippen molar-refractivity contribution in [1.29, 1.82) is 0 Å². The Kier molecular flexibility index (Phi) is 3.90. The Balaban J connectivity index is 1.86. The number of nitrogens with zero attached hydrogens (tertiary/aromatic N) is 4. The van der Waals surface area contributed by atoms with Gasteiger partial charge in [-0.15, -0.1) is 16.4 Å². The number of aryl methyl sites for hydroxylation is 1. The number of rotatable bonds is 4. The van der Waals surface area contributed by atoms with E-state index < -0.39 is 0 Å². The van der Waals surface area contributed by atoms with E-state index in [1.54, 1.807) is 22.3 Å². The number of thiophene rings is 1. The average Bonchev–Trinajstić information content (AvgIpc) is 3.12. The Bertz CT molecular complexity index is 738. The number of benzene rings is 1. The van der Waals surface area contributed by atoms with Crippen LogP contribution in [0.25, 0.3) is 5.69 Å². The summed E-state index contributed by atoms with van der Waals surface area (Å²) >= 11 is 8.05. The quantitative estimate of drug-likeness (QED) is 0.793. The molecule has 5 nitrogen and oxygen atoms in total. The molecule has 0 aliphatic rings. The summed E-state index contributed by atoms with van der Waals surface area (Å²) in [6.07, 6.45) is 1.55. The van der Waals surface area contributed by atoms with Crippen molar-refractivity contribution in [2.24, 2.45) is 0 Å². The molecule has 1 atom stereocenters. The highest BCUT2D eigenvalue weighted by molar-refractivity contribution is 7.12. The molecule has 0 amide bonds. The van der Waals surface area contributed by atoms with Crippen molar-refractivity contribution in [3.63, 3.8) is 0 Å². The minimum Gasteiger partial charge on any atom is -0.376 e. The largest absolute Gasteiger partial charge is 0.376 e. The van der Waals surface area contributed by atoms with Crippen molar-refractivity contribution in [2.75, 3.05) is 5.32 Å². The van der Waals surface area contributed by atoms with Gasteiger partial charge in [-0.3, -0.25) is 0 Å². The van der Waals surface area contributed by atoms with Gasteiger partial charge in [0.05, 0.1) is 22.4 Å². The first-order valence-corrected chi connectivity index (χ1v) is 7.69. The highest BCUT2D eigenvalue weighted by Crippen LogP contribution is 2.30. The smallest absolute Gasteiger partial charge is 0.143 e. The third-order valence-electron chi connectivity index (χ3n) is 3.12. The molecule has 0 aliphatic heterocycles. The van der Waals surface area contributed by atoms with Crippen LogP contribution in [0.1, 0.15) is 22.7 Å². The molecule has 1 aromatic carbocycles. The normalized spacial score (nSPS) is 12.3. The summed E-state index contributed by atoms with van der Waals surface area (Å²) in [4.78, 5) is 2.57. The fraction of sp³-hybridized carbons (Fsp3) is 0.214. The molecular formula is C14H14ClN5S. The molecule has 2 heterocycles. The fourth-order valence-electron chi connectivity index (χ4n) is 2.04. The van der Waals surface area contributed by atoms with Gasteiger partial charge in [0, 0.05) is 9.75 Å². The summed E-state index contributed by atoms with van der Waals surface area (Å²) in [7, 11) is 0. The number of anilines is 1. The lowest BCUT2D eigenvalue weighted by Gasteiger charge is -2.16. The second kappa shape index (κ2) is 5.83. The van der Waals surface area contributed by atoms with Gasteiger partial charge in [-0.2, -0.15) is 0 Å². The Morgan fingerprint density at radius 3 is 2.81 bits per heavy atom. The van der Waals surface area contributed by atoms with Gasteiger partial charge in [-0.25, -0.2) is 4.68 Å². The van der Waals surface area contributed by atoms with Crippen LogP contribution in [0.5, 0.6) is 0 Å². The third-order valence-corrected chi connectivity index (χ3v) is 4.64. The van der Waals surface area contributed by atoms with Crippen LogP contribution < -0.4 is 5.32 Å². The molecule has 0 spiro atoms. The Hall–Kier alpha value is -1.92. The van der Waals surface area contributed by atoms with Crippen molar-refractivity contribution in [1.82, 2.24) is 20.2 Å². The summed E-state index contributed by atoms with van der Waals surface area (Å²) in [6.45, 7) is 4.22. The molecule has 21 heavy (non-hydrogen) atoms. The van der Waals surface area contributed by atoms with E-state index in [0.29, 0.717) is 5.02 Å². The van der Waals surface area contributed by atoms with Crippen LogP contribution in [-0.4, -0.2) is 20.2 Å². The molecule has 7 heteroatoms. The Morgan fingerprint density at radius 2 is 2.14 bits per heavy atom. The Labute approximate surface area is 131 Å². The highest BCUT2D eigenvalue weighted by Gasteiger charge is 2.11. The van der Waals surface area contributed by atoms with Gasteiger partial charge in [0.2, 0.25) is 0 Å². The summed E-state index contributed by atoms with van der Waals surface area (Å²) < 4.78 is 1.60. The predicted octanol–water partition coefficient (Wildman–Crippen LogP) is 3.86. The lowest BCUT2D eigenvalue weighted by atomic mass is 10.2. The molecule has 0 aliphatic carbocycles. The van der Waals surface area contributed by atoms with Gasteiger partial charge >= 0.3 is 0 Å². The van der Waals surface area contributed by atoms with E-state index in [4.69, 9.17) is 11.6 Å². The van der Waals surface area contributed by atoms with E-state index in [0.717, 1.165) is 11.4 Å². The second-order valence-corrected chi connectivity index (χ2v) is 6.46. The molecule has 0 radical (unpaired) electrons. The standard InChI is InChI=1S/C14H14ClN5S/c1-9-3-6-14(21-9)10(2)17-13-7-11(4-5-12(13)15)20-8-16-18-19-20/h3-8,10,17H,1-2H3. The molecule has 0 saturated heterocycles. The van der Waals surface area contributed by atoms with Gasteiger partial charge < -0.3 is 5.32 Å². The van der Waals surface area contributed by atoms with Gasteiger partial charge in [0.15, 0.2) is 0 Å². The molecule has 2 aromatic heterocycles. The molecule has 108 valence electrons. The number of halogens is 1. The minimum absolute atomic E-state index is 0.185. The zero-order chi connectivity index (χ0) is 14.8. The van der Waals surface area contributed by atoms with Crippen LogP contribution in [0, 0.1) is 6.92 Å². The molecular weight excluding hydrogens is 306 g/mol. The molecule has 3 rings (SSSR count). The average molecular weight is 320 g/mol. The van der Waals surface area contributed by atoms with E-state index in [1.165, 1.54) is 9.75 Å². The van der Waals surface area contributed by atoms with Gasteiger partial charge in [0.1, 0.15) is 6.33 Å². The highest BCUT2D eigenvalue weighted by atomic mass is 35.5. The SMILES string of the molecule is Cc1ccc(C(C)Nc2cc(-n3cnnn3)ccc2Cl)s1. The van der Waals surface area contributed by atoms with E-state index in [2.05, 4.69) is 46.8 Å². The van der Waals surface area contributed by atoms with Crippen LogP contribution in [0.2, 0.25) is 5.02 Å². The van der Waals surface area contributed by atoms with Crippen LogP contribution >= 0.6 is 22.9 Å². The maximum atomic E-state index is 6.27. The lowest BCUT2D eigenvalue weighted by Crippen LogP contribution is -2.06. The van der Waals surface area contributed by atoms with Crippen LogP contribution in [0.3, 0.4) is 0 Å². The van der Waals surface area contributed by atoms with Crippen LogP contribution in [0.4, 0.5) is 5.69 Å². The zero-order valence-corrected chi connectivity index (χ0v) is 13.2. The molecule has 0 saturated carbocycles. The van der Waals surface area contributed by atoms with E-state index >= 15 is 0 Å². The van der Waals surface area contributed by atoms with E-state index in [-0.39, 0.29) is 6.04 Å². The number of hydrogen-bond acceptors (Lipinski definition) is 5. The molecule has 0 bridgehead atoms. The van der Waals surface area contributed by atoms with Crippen molar-refractivity contribution < 1.29 is 0 Å². The lowest BCUT2D eigenvalue weighted by molar-refractivity contribution is 0.788. The van der Waals surface area contributed by atoms with Crippen LogP contribution in [0.15, 0.2) is 36.7 Å². The first-order chi connectivity index (χ1) is 10.1. The first kappa shape index (κ1) is 14.0. The van der Waals surface area contributed by atoms with Crippen molar-refractivity contribution in [3.8, 4) is 5.69 Å². The monoisotopic (exact) mass is 319 g/mol. The number of aromatic nitrogens is 4. The minimum atomic E-state index is 0.185. The molecule has 0 fully saturated rings. The predicted molar refractivity (Wildman–Crippen MR) is 85.3 cm³/mol. The molecule has 3 aromatic rings. The van der Waals surface area contributed by atoms with Crippen molar-refractivity contribution >= 4 is 28.6 Å². The topological polar surface area (TPSA) is 55.6 Å².